The first-order valence-corrected chi connectivity index (χ1v) is 9.94. The molecule has 3 heterocycles. The summed E-state index contributed by atoms with van der Waals surface area (Å²) in [5.74, 6) is 0.0973. The van der Waals surface area contributed by atoms with Gasteiger partial charge in [-0.3, -0.25) is 4.21 Å². The van der Waals surface area contributed by atoms with E-state index in [9.17, 15) is 8.60 Å². The van der Waals surface area contributed by atoms with Gasteiger partial charge in [-0.25, -0.2) is 14.4 Å². The van der Waals surface area contributed by atoms with Gasteiger partial charge in [0.2, 0.25) is 5.16 Å². The number of rotatable bonds is 4. The zero-order valence-corrected chi connectivity index (χ0v) is 15.4. The van der Waals surface area contributed by atoms with Crippen LogP contribution in [0.15, 0.2) is 46.1 Å². The van der Waals surface area contributed by atoms with E-state index in [4.69, 9.17) is 9.15 Å². The van der Waals surface area contributed by atoms with Crippen molar-refractivity contribution in [3.05, 3.63) is 42.3 Å². The maximum Gasteiger partial charge on any atom is 0.298 e. The maximum atomic E-state index is 13.3. The predicted octanol–water partition coefficient (Wildman–Crippen LogP) is 2.51. The first-order valence-electron chi connectivity index (χ1n) is 8.38. The molecule has 1 aliphatic heterocycles. The smallest absolute Gasteiger partial charge is 0.298 e. The zero-order valence-electron chi connectivity index (χ0n) is 14.6. The Morgan fingerprint density at radius 1 is 1.11 bits per heavy atom. The van der Waals surface area contributed by atoms with Gasteiger partial charge < -0.3 is 14.1 Å². The average Bonchev–Trinajstić information content (AvgIpc) is 3.15. The molecule has 2 aromatic heterocycles. The molecule has 7 nitrogen and oxygen atoms in total. The van der Waals surface area contributed by atoms with Crippen LogP contribution in [0, 0.1) is 5.82 Å². The van der Waals surface area contributed by atoms with Gasteiger partial charge in [-0.1, -0.05) is 0 Å². The van der Waals surface area contributed by atoms with E-state index in [1.807, 2.05) is 4.90 Å². The molecule has 3 aromatic rings. The maximum absolute atomic E-state index is 13.3. The Kier molecular flexibility index (Phi) is 4.95. The summed E-state index contributed by atoms with van der Waals surface area (Å²) in [6.07, 6.45) is 3.05. The van der Waals surface area contributed by atoms with Crippen LogP contribution in [0.3, 0.4) is 0 Å². The number of oxazole rings is 1. The molecule has 140 valence electrons. The van der Waals surface area contributed by atoms with Crippen molar-refractivity contribution >= 4 is 16.8 Å². The number of morpholine rings is 1. The van der Waals surface area contributed by atoms with Crippen LogP contribution in [0.25, 0.3) is 22.7 Å². The summed E-state index contributed by atoms with van der Waals surface area (Å²) in [5, 5.41) is 0.210. The van der Waals surface area contributed by atoms with Gasteiger partial charge in [0.15, 0.2) is 5.76 Å². The Balaban J connectivity index is 1.83. The van der Waals surface area contributed by atoms with E-state index in [0.29, 0.717) is 55.0 Å². The first kappa shape index (κ1) is 17.7. The van der Waals surface area contributed by atoms with Crippen molar-refractivity contribution in [2.45, 2.75) is 5.16 Å². The molecule has 1 aromatic carbocycles. The van der Waals surface area contributed by atoms with Crippen molar-refractivity contribution in [2.75, 3.05) is 37.5 Å². The molecule has 0 spiro atoms. The molecule has 1 fully saturated rings. The lowest BCUT2D eigenvalue weighted by molar-refractivity contribution is 0.120. The van der Waals surface area contributed by atoms with Crippen LogP contribution in [0.5, 0.6) is 0 Å². The molecule has 1 atom stereocenters. The number of halogens is 1. The Morgan fingerprint density at radius 2 is 1.85 bits per heavy atom. The molecule has 1 unspecified atom stereocenters. The second kappa shape index (κ2) is 7.53. The molecular formula is C18H17FN4O3S. The SMILES string of the molecule is CS(=O)c1nccc(-c2oc(N3CCOCC3)nc2-c2ccc(F)cc2)n1. The Bertz CT molecular complexity index is 971. The topological polar surface area (TPSA) is 81.4 Å². The van der Waals surface area contributed by atoms with Crippen molar-refractivity contribution in [3.63, 3.8) is 0 Å². The summed E-state index contributed by atoms with van der Waals surface area (Å²) in [6, 6.07) is 8.14. The van der Waals surface area contributed by atoms with Crippen LogP contribution in [0.1, 0.15) is 0 Å². The van der Waals surface area contributed by atoms with Crippen molar-refractivity contribution in [1.29, 1.82) is 0 Å². The van der Waals surface area contributed by atoms with Gasteiger partial charge in [0.1, 0.15) is 17.2 Å². The third-order valence-corrected chi connectivity index (χ3v) is 4.85. The predicted molar refractivity (Wildman–Crippen MR) is 98.3 cm³/mol. The zero-order chi connectivity index (χ0) is 18.8. The number of anilines is 1. The Morgan fingerprint density at radius 3 is 2.56 bits per heavy atom. The van der Waals surface area contributed by atoms with Gasteiger partial charge in [-0.05, 0) is 30.3 Å². The van der Waals surface area contributed by atoms with Crippen LogP contribution >= 0.6 is 0 Å². The molecule has 1 saturated heterocycles. The number of aromatic nitrogens is 3. The lowest BCUT2D eigenvalue weighted by Gasteiger charge is -2.24. The molecular weight excluding hydrogens is 371 g/mol. The number of nitrogens with zero attached hydrogens (tertiary/aromatic N) is 4. The third-order valence-electron chi connectivity index (χ3n) is 4.14. The second-order valence-corrected chi connectivity index (χ2v) is 7.23. The third kappa shape index (κ3) is 3.74. The minimum atomic E-state index is -1.33. The van der Waals surface area contributed by atoms with Crippen LogP contribution < -0.4 is 4.90 Å². The lowest BCUT2D eigenvalue weighted by Crippen LogP contribution is -2.36. The first-order chi connectivity index (χ1) is 13.1. The molecule has 0 amide bonds. The van der Waals surface area contributed by atoms with E-state index in [1.54, 1.807) is 18.2 Å². The minimum Gasteiger partial charge on any atom is -0.421 e. The molecule has 27 heavy (non-hydrogen) atoms. The molecule has 0 N–H and O–H groups in total. The fourth-order valence-electron chi connectivity index (χ4n) is 2.78. The van der Waals surface area contributed by atoms with Gasteiger partial charge in [-0.2, -0.15) is 4.98 Å². The normalized spacial score (nSPS) is 15.7. The Labute approximate surface area is 157 Å². The van der Waals surface area contributed by atoms with E-state index in [0.717, 1.165) is 0 Å². The van der Waals surface area contributed by atoms with E-state index in [1.165, 1.54) is 24.6 Å². The van der Waals surface area contributed by atoms with Crippen LogP contribution in [0.2, 0.25) is 0 Å². The number of benzene rings is 1. The standard InChI is InChI=1S/C18H17FN4O3S/c1-27(24)17-20-7-6-14(21-17)16-15(12-2-4-13(19)5-3-12)22-18(26-16)23-8-10-25-11-9-23/h2-7H,8-11H2,1H3. The second-order valence-electron chi connectivity index (χ2n) is 5.96. The van der Waals surface area contributed by atoms with Gasteiger partial charge >= 0.3 is 0 Å². The largest absolute Gasteiger partial charge is 0.421 e. The quantitative estimate of drug-likeness (QED) is 0.635. The van der Waals surface area contributed by atoms with Crippen LogP contribution in [-0.4, -0.2) is 51.7 Å². The van der Waals surface area contributed by atoms with Crippen molar-refractivity contribution in [3.8, 4) is 22.7 Å². The van der Waals surface area contributed by atoms with Crippen molar-refractivity contribution in [2.24, 2.45) is 0 Å². The molecule has 9 heteroatoms. The molecule has 0 aliphatic carbocycles. The van der Waals surface area contributed by atoms with E-state index in [-0.39, 0.29) is 11.0 Å². The highest BCUT2D eigenvalue weighted by atomic mass is 32.2. The number of hydrogen-bond donors (Lipinski definition) is 0. The summed E-state index contributed by atoms with van der Waals surface area (Å²) in [4.78, 5) is 15.0. The summed E-state index contributed by atoms with van der Waals surface area (Å²) in [6.45, 7) is 2.51. The summed E-state index contributed by atoms with van der Waals surface area (Å²) < 4.78 is 36.5. The van der Waals surface area contributed by atoms with Gasteiger partial charge in [0, 0.05) is 31.1 Å². The summed E-state index contributed by atoms with van der Waals surface area (Å²) in [5.41, 5.74) is 1.72. The van der Waals surface area contributed by atoms with Crippen LogP contribution in [0.4, 0.5) is 10.4 Å². The van der Waals surface area contributed by atoms with E-state index < -0.39 is 10.8 Å². The van der Waals surface area contributed by atoms with Crippen molar-refractivity contribution < 1.29 is 17.8 Å². The molecule has 0 bridgehead atoms. The minimum absolute atomic E-state index is 0.210. The lowest BCUT2D eigenvalue weighted by atomic mass is 10.1. The van der Waals surface area contributed by atoms with E-state index >= 15 is 0 Å². The highest BCUT2D eigenvalue weighted by Gasteiger charge is 2.23. The number of ether oxygens (including phenoxy) is 1. The van der Waals surface area contributed by atoms with E-state index in [2.05, 4.69) is 15.0 Å². The highest BCUT2D eigenvalue weighted by molar-refractivity contribution is 7.84. The summed E-state index contributed by atoms with van der Waals surface area (Å²) >= 11 is 0. The molecule has 0 radical (unpaired) electrons. The van der Waals surface area contributed by atoms with Crippen LogP contribution in [-0.2, 0) is 15.5 Å². The molecule has 0 saturated carbocycles. The molecule has 1 aliphatic rings. The number of hydrogen-bond acceptors (Lipinski definition) is 7. The Hall–Kier alpha value is -2.65. The van der Waals surface area contributed by atoms with Gasteiger partial charge in [0.05, 0.1) is 24.0 Å². The fourth-order valence-corrected chi connectivity index (χ4v) is 3.22. The monoisotopic (exact) mass is 388 g/mol. The molecule has 4 rings (SSSR count). The average molecular weight is 388 g/mol. The summed E-state index contributed by atoms with van der Waals surface area (Å²) in [7, 11) is -1.33. The fraction of sp³-hybridized carbons (Fsp3) is 0.278. The highest BCUT2D eigenvalue weighted by Crippen LogP contribution is 2.35. The van der Waals surface area contributed by atoms with Gasteiger partial charge in [0.25, 0.3) is 6.01 Å². The van der Waals surface area contributed by atoms with Crippen molar-refractivity contribution in [1.82, 2.24) is 15.0 Å². The van der Waals surface area contributed by atoms with Gasteiger partial charge in [-0.15, -0.1) is 0 Å².